The second kappa shape index (κ2) is 7.83. The zero-order valence-electron chi connectivity index (χ0n) is 17.5. The number of ether oxygens (including phenoxy) is 2. The fourth-order valence-electron chi connectivity index (χ4n) is 4.34. The van der Waals surface area contributed by atoms with Crippen LogP contribution in [0.25, 0.3) is 28.1 Å². The molecule has 2 saturated heterocycles. The molecule has 1 N–H and O–H groups in total. The summed E-state index contributed by atoms with van der Waals surface area (Å²) in [5.74, 6) is 1.24. The van der Waals surface area contributed by atoms with E-state index in [0.717, 1.165) is 55.1 Å². The summed E-state index contributed by atoms with van der Waals surface area (Å²) in [4.78, 5) is 18.2. The Kier molecular flexibility index (Phi) is 4.68. The Morgan fingerprint density at radius 3 is 2.94 bits per heavy atom. The standard InChI is InChI=1S/C23H23N5O4/c29-22-6-4-15(25-22)14-31-23-7-5-21-24-13-18(28(21)26-23)20-12-16-17(2-1-3-19(16)32-20)27-8-10-30-11-9-27/h1-3,5,7,12-13,15H,4,6,8-11,14H2,(H,25,29). The molecule has 3 aromatic heterocycles. The molecular formula is C23H23N5O4. The Hall–Kier alpha value is -3.59. The van der Waals surface area contributed by atoms with E-state index in [-0.39, 0.29) is 11.9 Å². The van der Waals surface area contributed by atoms with Crippen molar-refractivity contribution < 1.29 is 18.7 Å². The number of benzene rings is 1. The van der Waals surface area contributed by atoms with Gasteiger partial charge in [0.25, 0.3) is 0 Å². The van der Waals surface area contributed by atoms with Gasteiger partial charge in [-0.05, 0) is 30.7 Å². The predicted octanol–water partition coefficient (Wildman–Crippen LogP) is 2.64. The van der Waals surface area contributed by atoms with E-state index in [1.54, 1.807) is 16.8 Å². The molecule has 0 bridgehead atoms. The van der Waals surface area contributed by atoms with Crippen molar-refractivity contribution in [2.45, 2.75) is 18.9 Å². The van der Waals surface area contributed by atoms with Crippen LogP contribution in [0, 0.1) is 0 Å². The molecule has 2 aliphatic heterocycles. The topological polar surface area (TPSA) is 94.1 Å². The quantitative estimate of drug-likeness (QED) is 0.517. The highest BCUT2D eigenvalue weighted by molar-refractivity contribution is 5.94. The number of fused-ring (bicyclic) bond motifs is 2. The molecule has 6 rings (SSSR count). The Morgan fingerprint density at radius 1 is 1.19 bits per heavy atom. The second-order valence-corrected chi connectivity index (χ2v) is 8.10. The maximum Gasteiger partial charge on any atom is 0.231 e. The van der Waals surface area contributed by atoms with E-state index in [4.69, 9.17) is 13.9 Å². The SMILES string of the molecule is O=C1CCC(COc2ccc3ncc(-c4cc5c(N6CCOCC6)cccc5o4)n3n2)N1. The Morgan fingerprint density at radius 2 is 2.09 bits per heavy atom. The highest BCUT2D eigenvalue weighted by Gasteiger charge is 2.22. The lowest BCUT2D eigenvalue weighted by Gasteiger charge is -2.29. The maximum absolute atomic E-state index is 11.4. The van der Waals surface area contributed by atoms with Gasteiger partial charge in [0.05, 0.1) is 25.5 Å². The van der Waals surface area contributed by atoms with Crippen molar-refractivity contribution in [3.63, 3.8) is 0 Å². The number of imidazole rings is 1. The molecule has 5 heterocycles. The molecule has 32 heavy (non-hydrogen) atoms. The molecule has 0 radical (unpaired) electrons. The number of hydrogen-bond acceptors (Lipinski definition) is 7. The molecule has 1 unspecified atom stereocenters. The van der Waals surface area contributed by atoms with Gasteiger partial charge < -0.3 is 24.1 Å². The van der Waals surface area contributed by atoms with Gasteiger partial charge >= 0.3 is 0 Å². The number of carbonyl (C=O) groups excluding carboxylic acids is 1. The van der Waals surface area contributed by atoms with Crippen molar-refractivity contribution in [3.05, 3.63) is 42.6 Å². The Bertz CT molecular complexity index is 1290. The Labute approximate surface area is 183 Å². The van der Waals surface area contributed by atoms with E-state index in [0.29, 0.717) is 30.3 Å². The smallest absolute Gasteiger partial charge is 0.231 e. The third-order valence-electron chi connectivity index (χ3n) is 6.00. The molecule has 164 valence electrons. The monoisotopic (exact) mass is 433 g/mol. The largest absolute Gasteiger partial charge is 0.474 e. The van der Waals surface area contributed by atoms with Crippen molar-refractivity contribution in [2.24, 2.45) is 0 Å². The average Bonchev–Trinajstić information content (AvgIpc) is 3.55. The number of morpholine rings is 1. The lowest BCUT2D eigenvalue weighted by Crippen LogP contribution is -2.36. The first-order valence-corrected chi connectivity index (χ1v) is 10.9. The van der Waals surface area contributed by atoms with Crippen LogP contribution in [0.5, 0.6) is 5.88 Å². The minimum absolute atomic E-state index is 0.0243. The number of rotatable bonds is 5. The highest BCUT2D eigenvalue weighted by atomic mass is 16.5. The third-order valence-corrected chi connectivity index (χ3v) is 6.00. The predicted molar refractivity (Wildman–Crippen MR) is 118 cm³/mol. The van der Waals surface area contributed by atoms with Crippen LogP contribution in [0.15, 0.2) is 47.0 Å². The minimum atomic E-state index is 0.0243. The van der Waals surface area contributed by atoms with Crippen LogP contribution in [-0.2, 0) is 9.53 Å². The van der Waals surface area contributed by atoms with Crippen molar-refractivity contribution in [2.75, 3.05) is 37.8 Å². The van der Waals surface area contributed by atoms with Crippen LogP contribution in [-0.4, -0.2) is 59.5 Å². The number of amides is 1. The van der Waals surface area contributed by atoms with Crippen molar-refractivity contribution in [1.29, 1.82) is 0 Å². The third kappa shape index (κ3) is 3.44. The summed E-state index contributed by atoms with van der Waals surface area (Å²) in [5, 5.41) is 8.57. The summed E-state index contributed by atoms with van der Waals surface area (Å²) in [6, 6.07) is 11.8. The van der Waals surface area contributed by atoms with Crippen LogP contribution in [0.1, 0.15) is 12.8 Å². The average molecular weight is 433 g/mol. The minimum Gasteiger partial charge on any atom is -0.474 e. The molecule has 9 nitrogen and oxygen atoms in total. The first kappa shape index (κ1) is 19.1. The molecule has 9 heteroatoms. The summed E-state index contributed by atoms with van der Waals surface area (Å²) in [5.41, 5.74) is 3.42. The summed E-state index contributed by atoms with van der Waals surface area (Å²) < 4.78 is 19.3. The zero-order chi connectivity index (χ0) is 21.5. The summed E-state index contributed by atoms with van der Waals surface area (Å²) in [7, 11) is 0. The van der Waals surface area contributed by atoms with Gasteiger partial charge in [0.15, 0.2) is 11.4 Å². The first-order valence-electron chi connectivity index (χ1n) is 10.9. The lowest BCUT2D eigenvalue weighted by molar-refractivity contribution is -0.119. The zero-order valence-corrected chi connectivity index (χ0v) is 17.5. The van der Waals surface area contributed by atoms with E-state index < -0.39 is 0 Å². The number of anilines is 1. The first-order chi connectivity index (χ1) is 15.7. The molecule has 0 spiro atoms. The molecule has 1 amide bonds. The van der Waals surface area contributed by atoms with Gasteiger partial charge in [-0.1, -0.05) is 6.07 Å². The van der Waals surface area contributed by atoms with Gasteiger partial charge in [-0.25, -0.2) is 9.50 Å². The number of hydrogen-bond donors (Lipinski definition) is 1. The van der Waals surface area contributed by atoms with E-state index in [1.807, 2.05) is 24.3 Å². The molecular weight excluding hydrogens is 410 g/mol. The lowest BCUT2D eigenvalue weighted by atomic mass is 10.2. The van der Waals surface area contributed by atoms with Crippen LogP contribution < -0.4 is 15.0 Å². The maximum atomic E-state index is 11.4. The number of carbonyl (C=O) groups is 1. The number of aromatic nitrogens is 3. The van der Waals surface area contributed by atoms with Gasteiger partial charge in [0.2, 0.25) is 11.8 Å². The fourth-order valence-corrected chi connectivity index (χ4v) is 4.34. The summed E-state index contributed by atoms with van der Waals surface area (Å²) in [6.07, 6.45) is 3.09. The molecule has 2 fully saturated rings. The van der Waals surface area contributed by atoms with Crippen molar-refractivity contribution in [1.82, 2.24) is 19.9 Å². The molecule has 0 saturated carbocycles. The highest BCUT2D eigenvalue weighted by Crippen LogP contribution is 2.34. The summed E-state index contributed by atoms with van der Waals surface area (Å²) >= 11 is 0. The van der Waals surface area contributed by atoms with Crippen molar-refractivity contribution in [3.8, 4) is 17.3 Å². The number of nitrogens with one attached hydrogen (secondary N) is 1. The Balaban J connectivity index is 1.32. The van der Waals surface area contributed by atoms with Crippen LogP contribution in [0.3, 0.4) is 0 Å². The number of nitrogens with zero attached hydrogens (tertiary/aromatic N) is 4. The number of furan rings is 1. The summed E-state index contributed by atoms with van der Waals surface area (Å²) in [6.45, 7) is 3.57. The van der Waals surface area contributed by atoms with Gasteiger partial charge in [-0.3, -0.25) is 4.79 Å². The molecule has 4 aromatic rings. The van der Waals surface area contributed by atoms with Gasteiger partial charge in [0, 0.05) is 36.7 Å². The molecule has 2 aliphatic rings. The molecule has 1 aromatic carbocycles. The van der Waals surface area contributed by atoms with E-state index in [2.05, 4.69) is 26.4 Å². The van der Waals surface area contributed by atoms with Crippen LogP contribution >= 0.6 is 0 Å². The second-order valence-electron chi connectivity index (χ2n) is 8.10. The van der Waals surface area contributed by atoms with Gasteiger partial charge in [0.1, 0.15) is 17.9 Å². The van der Waals surface area contributed by atoms with E-state index >= 15 is 0 Å². The van der Waals surface area contributed by atoms with Gasteiger partial charge in [-0.2, -0.15) is 0 Å². The molecule has 1 atom stereocenters. The van der Waals surface area contributed by atoms with Crippen LogP contribution in [0.4, 0.5) is 5.69 Å². The molecule has 0 aliphatic carbocycles. The van der Waals surface area contributed by atoms with E-state index in [1.165, 1.54) is 0 Å². The normalized spacial score (nSPS) is 19.1. The van der Waals surface area contributed by atoms with Crippen molar-refractivity contribution >= 4 is 28.2 Å². The van der Waals surface area contributed by atoms with E-state index in [9.17, 15) is 4.79 Å². The van der Waals surface area contributed by atoms with Gasteiger partial charge in [-0.15, -0.1) is 5.10 Å². The fraction of sp³-hybridized carbons (Fsp3) is 0.348. The van der Waals surface area contributed by atoms with Crippen LogP contribution in [0.2, 0.25) is 0 Å².